The normalized spacial score (nSPS) is 16.2. The first-order valence-electron chi connectivity index (χ1n) is 7.53. The number of hydrogen-bond acceptors (Lipinski definition) is 6. The van der Waals surface area contributed by atoms with Crippen LogP contribution in [-0.2, 0) is 6.54 Å². The quantitative estimate of drug-likeness (QED) is 0.904. The van der Waals surface area contributed by atoms with Crippen molar-refractivity contribution in [3.05, 3.63) is 40.3 Å². The molecule has 1 aliphatic rings. The molecular weight excluding hydrogens is 314 g/mol. The predicted octanol–water partition coefficient (Wildman–Crippen LogP) is 1.90. The number of ether oxygens (including phenoxy) is 2. The standard InChI is InChI=1S/C16H19N3O3S/c1-2-19(16(20)12-10-23-15(7-17)18-12)8-11-9-21-13-5-3-4-6-14(13)22-11/h3-6,10-11H,2,7-9,17H2,1H3. The average molecular weight is 333 g/mol. The lowest BCUT2D eigenvalue weighted by molar-refractivity contribution is 0.0471. The molecular formula is C16H19N3O3S. The molecule has 2 N–H and O–H groups in total. The van der Waals surface area contributed by atoms with E-state index in [1.165, 1.54) is 11.3 Å². The van der Waals surface area contributed by atoms with Crippen molar-refractivity contribution in [2.24, 2.45) is 5.73 Å². The number of thiazole rings is 1. The van der Waals surface area contributed by atoms with Crippen molar-refractivity contribution in [2.45, 2.75) is 19.6 Å². The van der Waals surface area contributed by atoms with E-state index in [0.29, 0.717) is 37.7 Å². The van der Waals surface area contributed by atoms with E-state index in [1.54, 1.807) is 10.3 Å². The summed E-state index contributed by atoms with van der Waals surface area (Å²) >= 11 is 1.40. The van der Waals surface area contributed by atoms with Gasteiger partial charge in [-0.25, -0.2) is 4.98 Å². The number of nitrogens with zero attached hydrogens (tertiary/aromatic N) is 2. The Morgan fingerprint density at radius 3 is 2.91 bits per heavy atom. The Morgan fingerprint density at radius 1 is 1.43 bits per heavy atom. The number of amides is 1. The van der Waals surface area contributed by atoms with Gasteiger partial charge in [-0.05, 0) is 19.1 Å². The zero-order chi connectivity index (χ0) is 16.2. The van der Waals surface area contributed by atoms with Gasteiger partial charge in [-0.1, -0.05) is 12.1 Å². The molecule has 1 unspecified atom stereocenters. The summed E-state index contributed by atoms with van der Waals surface area (Å²) in [6.07, 6.45) is -0.193. The molecule has 6 nitrogen and oxygen atoms in total. The van der Waals surface area contributed by atoms with Gasteiger partial charge in [-0.2, -0.15) is 0 Å². The van der Waals surface area contributed by atoms with Crippen LogP contribution in [0.15, 0.2) is 29.6 Å². The molecule has 3 rings (SSSR count). The predicted molar refractivity (Wildman–Crippen MR) is 87.9 cm³/mol. The van der Waals surface area contributed by atoms with Crippen molar-refractivity contribution in [1.82, 2.24) is 9.88 Å². The Labute approximate surface area is 138 Å². The lowest BCUT2D eigenvalue weighted by Crippen LogP contribution is -2.43. The van der Waals surface area contributed by atoms with Crippen molar-refractivity contribution >= 4 is 17.2 Å². The molecule has 1 aliphatic heterocycles. The number of benzene rings is 1. The summed E-state index contributed by atoms with van der Waals surface area (Å²) < 4.78 is 11.6. The first kappa shape index (κ1) is 15.8. The van der Waals surface area contributed by atoms with Gasteiger partial charge < -0.3 is 20.1 Å². The molecule has 23 heavy (non-hydrogen) atoms. The molecule has 0 radical (unpaired) electrons. The molecule has 7 heteroatoms. The fraction of sp³-hybridized carbons (Fsp3) is 0.375. The molecule has 1 aromatic heterocycles. The second-order valence-electron chi connectivity index (χ2n) is 5.17. The SMILES string of the molecule is CCN(CC1COc2ccccc2O1)C(=O)c1csc(CN)n1. The maximum absolute atomic E-state index is 12.6. The van der Waals surface area contributed by atoms with Gasteiger partial charge in [0.15, 0.2) is 17.6 Å². The number of fused-ring (bicyclic) bond motifs is 1. The van der Waals surface area contributed by atoms with Gasteiger partial charge >= 0.3 is 0 Å². The molecule has 0 bridgehead atoms. The molecule has 1 atom stereocenters. The maximum Gasteiger partial charge on any atom is 0.273 e. The summed E-state index contributed by atoms with van der Waals surface area (Å²) in [5.41, 5.74) is 5.99. The Balaban J connectivity index is 1.67. The Morgan fingerprint density at radius 2 is 2.22 bits per heavy atom. The number of carbonyl (C=O) groups excluding carboxylic acids is 1. The second-order valence-corrected chi connectivity index (χ2v) is 6.11. The Kier molecular flexibility index (Phi) is 4.78. The van der Waals surface area contributed by atoms with Gasteiger partial charge in [-0.3, -0.25) is 4.79 Å². The molecule has 1 amide bonds. The highest BCUT2D eigenvalue weighted by atomic mass is 32.1. The van der Waals surface area contributed by atoms with Crippen LogP contribution in [0.1, 0.15) is 22.4 Å². The average Bonchev–Trinajstić information content (AvgIpc) is 3.08. The molecule has 0 aliphatic carbocycles. The number of hydrogen-bond donors (Lipinski definition) is 1. The van der Waals surface area contributed by atoms with Crippen molar-refractivity contribution in [1.29, 1.82) is 0 Å². The van der Waals surface area contributed by atoms with Crippen molar-refractivity contribution in [2.75, 3.05) is 19.7 Å². The number of rotatable bonds is 5. The molecule has 122 valence electrons. The Bertz CT molecular complexity index is 689. The molecule has 2 aromatic rings. The minimum absolute atomic E-state index is 0.106. The van der Waals surface area contributed by atoms with Crippen molar-refractivity contribution in [3.8, 4) is 11.5 Å². The second kappa shape index (κ2) is 6.97. The minimum atomic E-state index is -0.193. The first-order valence-corrected chi connectivity index (χ1v) is 8.41. The van der Waals surface area contributed by atoms with Crippen LogP contribution in [0.3, 0.4) is 0 Å². The van der Waals surface area contributed by atoms with Crippen LogP contribution in [0.2, 0.25) is 0 Å². The van der Waals surface area contributed by atoms with E-state index in [2.05, 4.69) is 4.98 Å². The van der Waals surface area contributed by atoms with E-state index in [1.807, 2.05) is 31.2 Å². The highest BCUT2D eigenvalue weighted by molar-refractivity contribution is 7.09. The minimum Gasteiger partial charge on any atom is -0.486 e. The lowest BCUT2D eigenvalue weighted by atomic mass is 10.2. The number of carbonyl (C=O) groups is 1. The number of aromatic nitrogens is 1. The van der Waals surface area contributed by atoms with Crippen LogP contribution in [0.25, 0.3) is 0 Å². The largest absolute Gasteiger partial charge is 0.486 e. The van der Waals surface area contributed by atoms with E-state index < -0.39 is 0 Å². The fourth-order valence-corrected chi connectivity index (χ4v) is 3.07. The summed E-state index contributed by atoms with van der Waals surface area (Å²) in [6, 6.07) is 7.55. The third-order valence-electron chi connectivity index (χ3n) is 3.61. The summed E-state index contributed by atoms with van der Waals surface area (Å²) in [7, 11) is 0. The molecule has 0 saturated heterocycles. The van der Waals surface area contributed by atoms with Gasteiger partial charge in [0.25, 0.3) is 5.91 Å². The lowest BCUT2D eigenvalue weighted by Gasteiger charge is -2.30. The monoisotopic (exact) mass is 333 g/mol. The summed E-state index contributed by atoms with van der Waals surface area (Å²) in [4.78, 5) is 18.5. The van der Waals surface area contributed by atoms with Gasteiger partial charge in [0.1, 0.15) is 17.3 Å². The van der Waals surface area contributed by atoms with Crippen LogP contribution in [0.5, 0.6) is 11.5 Å². The van der Waals surface area contributed by atoms with Crippen molar-refractivity contribution in [3.63, 3.8) is 0 Å². The van der Waals surface area contributed by atoms with Crippen LogP contribution < -0.4 is 15.2 Å². The number of para-hydroxylation sites is 2. The van der Waals surface area contributed by atoms with Crippen LogP contribution in [0, 0.1) is 0 Å². The zero-order valence-electron chi connectivity index (χ0n) is 12.9. The van der Waals surface area contributed by atoms with E-state index in [9.17, 15) is 4.79 Å². The van der Waals surface area contributed by atoms with Gasteiger partial charge in [0.05, 0.1) is 6.54 Å². The van der Waals surface area contributed by atoms with E-state index in [-0.39, 0.29) is 12.0 Å². The molecule has 1 aromatic carbocycles. The zero-order valence-corrected chi connectivity index (χ0v) is 13.7. The van der Waals surface area contributed by atoms with E-state index >= 15 is 0 Å². The highest BCUT2D eigenvalue weighted by Crippen LogP contribution is 2.31. The topological polar surface area (TPSA) is 77.7 Å². The molecule has 0 spiro atoms. The smallest absolute Gasteiger partial charge is 0.273 e. The summed E-state index contributed by atoms with van der Waals surface area (Å²) in [6.45, 7) is 3.74. The highest BCUT2D eigenvalue weighted by Gasteiger charge is 2.26. The van der Waals surface area contributed by atoms with E-state index in [4.69, 9.17) is 15.2 Å². The third-order valence-corrected chi connectivity index (χ3v) is 4.48. The van der Waals surface area contributed by atoms with E-state index in [0.717, 1.165) is 10.8 Å². The fourth-order valence-electron chi connectivity index (χ4n) is 2.42. The maximum atomic E-state index is 12.6. The van der Waals surface area contributed by atoms with Gasteiger partial charge in [-0.15, -0.1) is 11.3 Å². The Hall–Kier alpha value is -2.12. The van der Waals surface area contributed by atoms with Crippen molar-refractivity contribution < 1.29 is 14.3 Å². The summed E-state index contributed by atoms with van der Waals surface area (Å²) in [5.74, 6) is 1.35. The van der Waals surface area contributed by atoms with Crippen LogP contribution in [-0.4, -0.2) is 41.6 Å². The number of likely N-dealkylation sites (N-methyl/N-ethyl adjacent to an activating group) is 1. The van der Waals surface area contributed by atoms with Gasteiger partial charge in [0, 0.05) is 18.5 Å². The molecule has 2 heterocycles. The first-order chi connectivity index (χ1) is 11.2. The van der Waals surface area contributed by atoms with Gasteiger partial charge in [0.2, 0.25) is 0 Å². The number of nitrogens with two attached hydrogens (primary N) is 1. The molecule has 0 saturated carbocycles. The van der Waals surface area contributed by atoms with Crippen LogP contribution in [0.4, 0.5) is 0 Å². The molecule has 0 fully saturated rings. The third kappa shape index (κ3) is 3.46. The van der Waals surface area contributed by atoms with Crippen LogP contribution >= 0.6 is 11.3 Å². The summed E-state index contributed by atoms with van der Waals surface area (Å²) in [5, 5.41) is 2.51.